The standard InChI is InChI=1S/C19H19ClN2O5/c1-19(2)9-12-5-3-7-14(17(12)27-19)25-11-16(24)26-10-15(23)22-13-6-4-8-21-18(13)20/h3-8H,9-11H2,1-2H3,(H,22,23). The third kappa shape index (κ3) is 4.89. The predicted molar refractivity (Wildman–Crippen MR) is 99.2 cm³/mol. The molecular formula is C19H19ClN2O5. The second-order valence-corrected chi connectivity index (χ2v) is 6.98. The van der Waals surface area contributed by atoms with Crippen LogP contribution in [0.3, 0.4) is 0 Å². The van der Waals surface area contributed by atoms with Gasteiger partial charge in [-0.3, -0.25) is 4.79 Å². The zero-order valence-electron chi connectivity index (χ0n) is 15.0. The van der Waals surface area contributed by atoms with Crippen LogP contribution in [0.5, 0.6) is 11.5 Å². The minimum atomic E-state index is -0.669. The van der Waals surface area contributed by atoms with E-state index in [9.17, 15) is 9.59 Å². The van der Waals surface area contributed by atoms with Crippen molar-refractivity contribution in [1.29, 1.82) is 0 Å². The number of halogens is 1. The number of nitrogens with zero attached hydrogens (tertiary/aromatic N) is 1. The van der Waals surface area contributed by atoms with Crippen LogP contribution in [-0.2, 0) is 20.7 Å². The van der Waals surface area contributed by atoms with E-state index in [-0.39, 0.29) is 17.4 Å². The van der Waals surface area contributed by atoms with Crippen molar-refractivity contribution in [3.8, 4) is 11.5 Å². The van der Waals surface area contributed by atoms with E-state index in [0.29, 0.717) is 17.2 Å². The van der Waals surface area contributed by atoms with E-state index in [2.05, 4.69) is 10.3 Å². The summed E-state index contributed by atoms with van der Waals surface area (Å²) in [5.74, 6) is -0.0814. The summed E-state index contributed by atoms with van der Waals surface area (Å²) in [5.41, 5.74) is 1.06. The van der Waals surface area contributed by atoms with Crippen LogP contribution in [0.15, 0.2) is 36.5 Å². The third-order valence-electron chi connectivity index (χ3n) is 3.80. The number of amides is 1. The molecule has 7 nitrogen and oxygen atoms in total. The Morgan fingerprint density at radius 1 is 1.26 bits per heavy atom. The van der Waals surface area contributed by atoms with Gasteiger partial charge in [-0.25, -0.2) is 9.78 Å². The highest BCUT2D eigenvalue weighted by Crippen LogP contribution is 2.41. The van der Waals surface area contributed by atoms with E-state index in [1.807, 2.05) is 26.0 Å². The molecule has 0 radical (unpaired) electrons. The number of pyridine rings is 1. The van der Waals surface area contributed by atoms with Gasteiger partial charge in [0.25, 0.3) is 5.91 Å². The molecule has 1 N–H and O–H groups in total. The second kappa shape index (κ2) is 7.84. The fourth-order valence-electron chi connectivity index (χ4n) is 2.69. The van der Waals surface area contributed by atoms with Gasteiger partial charge >= 0.3 is 5.97 Å². The Labute approximate surface area is 161 Å². The summed E-state index contributed by atoms with van der Waals surface area (Å²) in [6, 6.07) is 8.75. The number of carbonyl (C=O) groups is 2. The molecule has 2 aromatic rings. The van der Waals surface area contributed by atoms with E-state index in [1.165, 1.54) is 6.20 Å². The number of carbonyl (C=O) groups excluding carboxylic acids is 2. The molecule has 27 heavy (non-hydrogen) atoms. The molecule has 0 bridgehead atoms. The van der Waals surface area contributed by atoms with Crippen LogP contribution in [-0.4, -0.2) is 35.7 Å². The molecule has 0 atom stereocenters. The molecule has 1 aromatic heterocycles. The van der Waals surface area contributed by atoms with Crippen LogP contribution in [0.2, 0.25) is 5.15 Å². The summed E-state index contributed by atoms with van der Waals surface area (Å²) in [4.78, 5) is 27.5. The van der Waals surface area contributed by atoms with Gasteiger partial charge in [-0.2, -0.15) is 0 Å². The molecule has 0 saturated heterocycles. The maximum Gasteiger partial charge on any atom is 0.344 e. The van der Waals surface area contributed by atoms with Crippen LogP contribution in [0, 0.1) is 0 Å². The highest BCUT2D eigenvalue weighted by atomic mass is 35.5. The number of hydrogen-bond donors (Lipinski definition) is 1. The molecule has 0 unspecified atom stereocenters. The Bertz CT molecular complexity index is 869. The number of hydrogen-bond acceptors (Lipinski definition) is 6. The van der Waals surface area contributed by atoms with E-state index >= 15 is 0 Å². The van der Waals surface area contributed by atoms with Gasteiger partial charge in [0, 0.05) is 18.2 Å². The van der Waals surface area contributed by atoms with Crippen molar-refractivity contribution in [3.05, 3.63) is 47.2 Å². The van der Waals surface area contributed by atoms with Crippen molar-refractivity contribution in [2.45, 2.75) is 25.9 Å². The Morgan fingerprint density at radius 3 is 2.85 bits per heavy atom. The molecular weight excluding hydrogens is 372 g/mol. The molecule has 3 rings (SSSR count). The number of ether oxygens (including phenoxy) is 3. The van der Waals surface area contributed by atoms with Gasteiger partial charge in [-0.05, 0) is 32.0 Å². The third-order valence-corrected chi connectivity index (χ3v) is 4.10. The first-order chi connectivity index (χ1) is 12.8. The fraction of sp³-hybridized carbons (Fsp3) is 0.316. The highest BCUT2D eigenvalue weighted by molar-refractivity contribution is 6.32. The number of anilines is 1. The topological polar surface area (TPSA) is 86.8 Å². The van der Waals surface area contributed by atoms with E-state index < -0.39 is 18.5 Å². The zero-order chi connectivity index (χ0) is 19.4. The Morgan fingerprint density at radius 2 is 2.07 bits per heavy atom. The van der Waals surface area contributed by atoms with E-state index in [4.69, 9.17) is 25.8 Å². The summed E-state index contributed by atoms with van der Waals surface area (Å²) < 4.78 is 16.3. The summed E-state index contributed by atoms with van der Waals surface area (Å²) in [7, 11) is 0. The van der Waals surface area contributed by atoms with Gasteiger partial charge in [0.05, 0.1) is 5.69 Å². The first-order valence-corrected chi connectivity index (χ1v) is 8.71. The first-order valence-electron chi connectivity index (χ1n) is 8.34. The van der Waals surface area contributed by atoms with Gasteiger partial charge in [0.15, 0.2) is 29.9 Å². The average molecular weight is 391 g/mol. The lowest BCUT2D eigenvalue weighted by molar-refractivity contribution is -0.149. The van der Waals surface area contributed by atoms with Crippen molar-refractivity contribution in [1.82, 2.24) is 4.98 Å². The van der Waals surface area contributed by atoms with Gasteiger partial charge in [0.1, 0.15) is 5.60 Å². The summed E-state index contributed by atoms with van der Waals surface area (Å²) in [5, 5.41) is 2.66. The Kier molecular flexibility index (Phi) is 5.51. The first kappa shape index (κ1) is 19.0. The Hall–Kier alpha value is -2.80. The summed E-state index contributed by atoms with van der Waals surface area (Å²) >= 11 is 5.85. The van der Waals surface area contributed by atoms with Crippen LogP contribution >= 0.6 is 11.6 Å². The molecule has 0 aliphatic carbocycles. The molecule has 1 amide bonds. The monoisotopic (exact) mass is 390 g/mol. The lowest BCUT2D eigenvalue weighted by atomic mass is 10.0. The largest absolute Gasteiger partial charge is 0.483 e. The van der Waals surface area contributed by atoms with Crippen LogP contribution < -0.4 is 14.8 Å². The highest BCUT2D eigenvalue weighted by Gasteiger charge is 2.32. The zero-order valence-corrected chi connectivity index (χ0v) is 15.7. The van der Waals surface area contributed by atoms with Crippen molar-refractivity contribution < 1.29 is 23.8 Å². The van der Waals surface area contributed by atoms with Crippen molar-refractivity contribution in [2.24, 2.45) is 0 Å². The van der Waals surface area contributed by atoms with Crippen molar-refractivity contribution in [2.75, 3.05) is 18.5 Å². The van der Waals surface area contributed by atoms with Crippen LogP contribution in [0.4, 0.5) is 5.69 Å². The van der Waals surface area contributed by atoms with Crippen molar-refractivity contribution in [3.63, 3.8) is 0 Å². The average Bonchev–Trinajstić information content (AvgIpc) is 2.94. The number of aromatic nitrogens is 1. The molecule has 0 saturated carbocycles. The summed E-state index contributed by atoms with van der Waals surface area (Å²) in [6.45, 7) is 3.18. The predicted octanol–water partition coefficient (Wildman–Crippen LogP) is 3.01. The normalized spacial score (nSPS) is 14.0. The number of esters is 1. The van der Waals surface area contributed by atoms with Gasteiger partial charge in [0.2, 0.25) is 0 Å². The number of para-hydroxylation sites is 1. The molecule has 2 heterocycles. The van der Waals surface area contributed by atoms with Gasteiger partial charge < -0.3 is 19.5 Å². The number of benzene rings is 1. The van der Waals surface area contributed by atoms with Gasteiger partial charge in [-0.15, -0.1) is 0 Å². The number of rotatable bonds is 6. The minimum Gasteiger partial charge on any atom is -0.483 e. The molecule has 0 spiro atoms. The van der Waals surface area contributed by atoms with Gasteiger partial charge in [-0.1, -0.05) is 23.7 Å². The van der Waals surface area contributed by atoms with E-state index in [0.717, 1.165) is 12.0 Å². The fourth-order valence-corrected chi connectivity index (χ4v) is 2.86. The number of fused-ring (bicyclic) bond motifs is 1. The van der Waals surface area contributed by atoms with Crippen LogP contribution in [0.25, 0.3) is 0 Å². The Balaban J connectivity index is 1.48. The molecule has 1 aromatic carbocycles. The molecule has 0 fully saturated rings. The van der Waals surface area contributed by atoms with Crippen molar-refractivity contribution >= 4 is 29.2 Å². The maximum absolute atomic E-state index is 11.9. The quantitative estimate of drug-likeness (QED) is 0.602. The van der Waals surface area contributed by atoms with E-state index in [1.54, 1.807) is 18.2 Å². The lowest BCUT2D eigenvalue weighted by Gasteiger charge is -2.18. The molecule has 1 aliphatic heterocycles. The molecule has 1 aliphatic rings. The smallest absolute Gasteiger partial charge is 0.344 e. The van der Waals surface area contributed by atoms with Crippen LogP contribution in [0.1, 0.15) is 19.4 Å². The molecule has 142 valence electrons. The molecule has 8 heteroatoms. The SMILES string of the molecule is CC1(C)Cc2cccc(OCC(=O)OCC(=O)Nc3cccnc3Cl)c2O1. The second-order valence-electron chi connectivity index (χ2n) is 6.62. The summed E-state index contributed by atoms with van der Waals surface area (Å²) in [6.07, 6.45) is 2.27. The minimum absolute atomic E-state index is 0.154. The maximum atomic E-state index is 11.9. The number of nitrogens with one attached hydrogen (secondary N) is 1. The lowest BCUT2D eigenvalue weighted by Crippen LogP contribution is -2.25.